The SMILES string of the molecule is CC1CN(S(=O)(=O)c2ccccc2C(F)(F)F)C(C)CN1C[C@@]1(O)CC[C@@]2(C)[C@@H](CC[C@@H]3[C@@H]2CC[C@]2(C)C(OP(=O)(O)O)=CC[C@@H]32)C1. The standard InChI is InChI=1S/C33H48F3N2O7PS/c1-21-19-38(47(43,44)28-8-6-5-7-27(28)33(34,35)36)22(2)18-37(21)20-32(39)16-15-30(3)23(17-32)9-10-24-25-11-12-29(45-46(40,41)42)31(25,4)14-13-26(24)30/h5-8,12,21-26,39H,9-11,13-20H2,1-4H3,(H2,40,41,42)/t21?,22?,23-,24-,25-,26-,30-,31-,32+/m0/s1. The summed E-state index contributed by atoms with van der Waals surface area (Å²) in [6.45, 7) is 8.72. The van der Waals surface area contributed by atoms with E-state index in [1.54, 1.807) is 6.92 Å². The van der Waals surface area contributed by atoms with Crippen LogP contribution in [0.4, 0.5) is 13.2 Å². The molecular formula is C33H48F3N2O7PS. The van der Waals surface area contributed by atoms with E-state index in [9.17, 15) is 41.0 Å². The predicted molar refractivity (Wildman–Crippen MR) is 169 cm³/mol. The zero-order valence-corrected chi connectivity index (χ0v) is 29.2. The molecule has 4 aliphatic carbocycles. The molecule has 9 nitrogen and oxygen atoms in total. The molecule has 0 radical (unpaired) electrons. The Kier molecular flexibility index (Phi) is 8.88. The Balaban J connectivity index is 1.12. The Labute approximate surface area is 275 Å². The van der Waals surface area contributed by atoms with Crippen LogP contribution in [0.5, 0.6) is 0 Å². The number of nitrogens with zero attached hydrogens (tertiary/aromatic N) is 2. The van der Waals surface area contributed by atoms with Crippen molar-refractivity contribution in [1.29, 1.82) is 0 Å². The van der Waals surface area contributed by atoms with E-state index in [0.717, 1.165) is 50.7 Å². The molecule has 1 aromatic rings. The van der Waals surface area contributed by atoms with E-state index in [-0.39, 0.29) is 23.9 Å². The fraction of sp³-hybridized carbons (Fsp3) is 0.758. The quantitative estimate of drug-likeness (QED) is 0.301. The molecule has 0 bridgehead atoms. The summed E-state index contributed by atoms with van der Waals surface area (Å²) in [4.78, 5) is 20.4. The number of halogens is 3. The van der Waals surface area contributed by atoms with Crippen molar-refractivity contribution in [3.05, 3.63) is 41.7 Å². The molecule has 3 saturated carbocycles. The third kappa shape index (κ3) is 6.25. The Morgan fingerprint density at radius 3 is 2.38 bits per heavy atom. The molecule has 9 atom stereocenters. The van der Waals surface area contributed by atoms with E-state index < -0.39 is 51.5 Å². The highest BCUT2D eigenvalue weighted by Crippen LogP contribution is 2.68. The van der Waals surface area contributed by atoms with E-state index in [0.29, 0.717) is 49.4 Å². The van der Waals surface area contributed by atoms with E-state index >= 15 is 0 Å². The van der Waals surface area contributed by atoms with Gasteiger partial charge in [0, 0.05) is 37.1 Å². The summed E-state index contributed by atoms with van der Waals surface area (Å²) in [5, 5.41) is 12.0. The number of piperazine rings is 1. The van der Waals surface area contributed by atoms with Gasteiger partial charge in [-0.3, -0.25) is 14.7 Å². The van der Waals surface area contributed by atoms with Crippen LogP contribution in [0.2, 0.25) is 0 Å². The third-order valence-corrected chi connectivity index (χ3v) is 15.4. The lowest BCUT2D eigenvalue weighted by Gasteiger charge is -2.62. The van der Waals surface area contributed by atoms with E-state index in [4.69, 9.17) is 4.52 Å². The number of phosphoric acid groups is 1. The molecule has 1 saturated heterocycles. The van der Waals surface area contributed by atoms with Crippen molar-refractivity contribution in [3.63, 3.8) is 0 Å². The number of phosphoric ester groups is 1. The van der Waals surface area contributed by atoms with E-state index in [1.807, 2.05) is 13.0 Å². The highest BCUT2D eigenvalue weighted by atomic mass is 32.2. The fourth-order valence-corrected chi connectivity index (χ4v) is 12.9. The van der Waals surface area contributed by atoms with Crippen molar-refractivity contribution in [2.75, 3.05) is 19.6 Å². The highest BCUT2D eigenvalue weighted by Gasteiger charge is 2.61. The van der Waals surface area contributed by atoms with Crippen molar-refractivity contribution in [2.45, 2.75) is 108 Å². The third-order valence-electron chi connectivity index (χ3n) is 12.9. The molecule has 5 aliphatic rings. The van der Waals surface area contributed by atoms with Gasteiger partial charge in [-0.15, -0.1) is 0 Å². The van der Waals surface area contributed by atoms with E-state index in [1.165, 1.54) is 16.4 Å². The zero-order valence-electron chi connectivity index (χ0n) is 27.5. The smallest absolute Gasteiger partial charge is 0.409 e. The lowest BCUT2D eigenvalue weighted by Crippen LogP contribution is -2.62. The average molecular weight is 705 g/mol. The fourth-order valence-electron chi connectivity index (χ4n) is 10.4. The van der Waals surface area contributed by atoms with Gasteiger partial charge in [0.15, 0.2) is 0 Å². The van der Waals surface area contributed by atoms with Gasteiger partial charge in [-0.25, -0.2) is 13.0 Å². The molecule has 0 aromatic heterocycles. The molecule has 2 unspecified atom stereocenters. The first-order chi connectivity index (χ1) is 21.7. The Morgan fingerprint density at radius 1 is 1.00 bits per heavy atom. The maximum atomic E-state index is 13.7. The van der Waals surface area contributed by atoms with Crippen LogP contribution < -0.4 is 0 Å². The summed E-state index contributed by atoms with van der Waals surface area (Å²) in [6, 6.07) is 3.42. The Bertz CT molecular complexity index is 1570. The van der Waals surface area contributed by atoms with Gasteiger partial charge in [0.2, 0.25) is 10.0 Å². The van der Waals surface area contributed by atoms with Crippen molar-refractivity contribution < 1.29 is 45.6 Å². The van der Waals surface area contributed by atoms with Crippen LogP contribution in [0.1, 0.15) is 84.6 Å². The molecule has 264 valence electrons. The van der Waals surface area contributed by atoms with Crippen LogP contribution in [-0.2, 0) is 25.3 Å². The zero-order chi connectivity index (χ0) is 34.4. The lowest BCUT2D eigenvalue weighted by molar-refractivity contribution is -0.155. The number of rotatable bonds is 6. The van der Waals surface area contributed by atoms with E-state index in [2.05, 4.69) is 18.7 Å². The first kappa shape index (κ1) is 35.4. The van der Waals surface area contributed by atoms with Gasteiger partial charge in [-0.05, 0) is 113 Å². The van der Waals surface area contributed by atoms with Gasteiger partial charge in [0.05, 0.1) is 16.1 Å². The van der Waals surface area contributed by atoms with Crippen LogP contribution in [0.3, 0.4) is 0 Å². The molecule has 1 aromatic carbocycles. The van der Waals surface area contributed by atoms with Crippen molar-refractivity contribution >= 4 is 17.8 Å². The number of allylic oxidation sites excluding steroid dienone is 2. The Morgan fingerprint density at radius 2 is 1.70 bits per heavy atom. The molecule has 3 N–H and O–H groups in total. The monoisotopic (exact) mass is 704 g/mol. The molecule has 1 heterocycles. The van der Waals surface area contributed by atoms with Crippen LogP contribution in [0.15, 0.2) is 41.0 Å². The van der Waals surface area contributed by atoms with Gasteiger partial charge in [0.1, 0.15) is 5.76 Å². The van der Waals surface area contributed by atoms with Crippen molar-refractivity contribution in [2.24, 2.45) is 34.5 Å². The largest absolute Gasteiger partial charge is 0.524 e. The number of fused-ring (bicyclic) bond motifs is 5. The molecule has 0 spiro atoms. The maximum Gasteiger partial charge on any atom is 0.524 e. The number of aliphatic hydroxyl groups is 1. The Hall–Kier alpha value is -1.47. The predicted octanol–water partition coefficient (Wildman–Crippen LogP) is 6.17. The number of hydrogen-bond acceptors (Lipinski definition) is 6. The minimum atomic E-state index is -4.80. The average Bonchev–Trinajstić information content (AvgIpc) is 3.29. The van der Waals surface area contributed by atoms with Gasteiger partial charge in [0.25, 0.3) is 0 Å². The number of hydrogen-bond donors (Lipinski definition) is 3. The normalized spacial score (nSPS) is 40.3. The maximum absolute atomic E-state index is 13.7. The summed E-state index contributed by atoms with van der Waals surface area (Å²) in [5.41, 5.74) is -2.49. The topological polar surface area (TPSA) is 128 Å². The first-order valence-corrected chi connectivity index (χ1v) is 19.8. The summed E-state index contributed by atoms with van der Waals surface area (Å²) >= 11 is 0. The highest BCUT2D eigenvalue weighted by molar-refractivity contribution is 7.89. The van der Waals surface area contributed by atoms with Gasteiger partial charge >= 0.3 is 14.0 Å². The van der Waals surface area contributed by atoms with Crippen molar-refractivity contribution in [3.8, 4) is 0 Å². The first-order valence-electron chi connectivity index (χ1n) is 16.8. The summed E-state index contributed by atoms with van der Waals surface area (Å²) < 4.78 is 86.3. The second-order valence-corrected chi connectivity index (χ2v) is 18.6. The van der Waals surface area contributed by atoms with Crippen molar-refractivity contribution in [1.82, 2.24) is 9.21 Å². The second kappa shape index (κ2) is 11.8. The summed E-state index contributed by atoms with van der Waals surface area (Å²) in [6.07, 6.45) is 3.60. The lowest BCUT2D eigenvalue weighted by atomic mass is 9.44. The number of sulfonamides is 1. The minimum absolute atomic E-state index is 0.0264. The van der Waals surface area contributed by atoms with Gasteiger partial charge < -0.3 is 9.63 Å². The summed E-state index contributed by atoms with van der Waals surface area (Å²) in [7, 11) is -9.05. The summed E-state index contributed by atoms with van der Waals surface area (Å²) in [5.74, 6) is 1.85. The van der Waals surface area contributed by atoms with Crippen LogP contribution in [0, 0.1) is 34.5 Å². The molecular weight excluding hydrogens is 656 g/mol. The molecule has 4 fully saturated rings. The molecule has 47 heavy (non-hydrogen) atoms. The number of alkyl halides is 3. The number of β-amino-alcohol motifs (C(OH)–C–C–N with tert-alkyl or cyclic N) is 1. The van der Waals surface area contributed by atoms with Gasteiger partial charge in [-0.1, -0.05) is 26.0 Å². The molecule has 1 aliphatic heterocycles. The molecule has 14 heteroatoms. The van der Waals surface area contributed by atoms with Crippen LogP contribution in [0.25, 0.3) is 0 Å². The molecule has 0 amide bonds. The van der Waals surface area contributed by atoms with Crippen LogP contribution in [-0.4, -0.2) is 69.8 Å². The minimum Gasteiger partial charge on any atom is -0.409 e. The molecule has 6 rings (SSSR count). The second-order valence-electron chi connectivity index (χ2n) is 15.6. The van der Waals surface area contributed by atoms with Gasteiger partial charge in [-0.2, -0.15) is 17.5 Å². The number of benzene rings is 1. The van der Waals surface area contributed by atoms with Crippen LogP contribution >= 0.6 is 7.82 Å².